The predicted molar refractivity (Wildman–Crippen MR) is 103 cm³/mol. The average Bonchev–Trinajstić information content (AvgIpc) is 3.21. The molecule has 1 atom stereocenters. The number of sulfonamides is 1. The summed E-state index contributed by atoms with van der Waals surface area (Å²) < 4.78 is 32.4. The van der Waals surface area contributed by atoms with E-state index in [1.54, 1.807) is 19.9 Å². The summed E-state index contributed by atoms with van der Waals surface area (Å²) in [4.78, 5) is 12.8. The topological polar surface area (TPSA) is 121 Å². The van der Waals surface area contributed by atoms with Crippen molar-refractivity contribution in [2.75, 3.05) is 18.4 Å². The minimum atomic E-state index is -3.76. The molecule has 0 aromatic carbocycles. The standard InChI is InChI=1S/C18H27N5O4S/c1-11-16(12(2)27-22-11)28(25,26)23-8-6-7-13(10-23)17(24)19-15-9-14(20-21-15)18(3,4)5/h9,13H,6-8,10H2,1-5H3,(H2,19,20,21,24). The van der Waals surface area contributed by atoms with Crippen LogP contribution in [0.25, 0.3) is 0 Å². The highest BCUT2D eigenvalue weighted by molar-refractivity contribution is 7.89. The Labute approximate surface area is 164 Å². The van der Waals surface area contributed by atoms with E-state index in [9.17, 15) is 13.2 Å². The molecule has 9 nitrogen and oxygen atoms in total. The number of nitrogens with one attached hydrogen (secondary N) is 2. The molecule has 28 heavy (non-hydrogen) atoms. The molecule has 0 aliphatic carbocycles. The molecule has 0 saturated carbocycles. The maximum atomic E-state index is 13.0. The minimum absolute atomic E-state index is 0.0932. The van der Waals surface area contributed by atoms with Gasteiger partial charge >= 0.3 is 0 Å². The number of aryl methyl sites for hydroxylation is 2. The monoisotopic (exact) mass is 409 g/mol. The number of H-pyrrole nitrogens is 1. The van der Waals surface area contributed by atoms with Gasteiger partial charge in [0.25, 0.3) is 0 Å². The van der Waals surface area contributed by atoms with Crippen LogP contribution in [0.4, 0.5) is 5.82 Å². The summed E-state index contributed by atoms with van der Waals surface area (Å²) >= 11 is 0. The van der Waals surface area contributed by atoms with Crippen LogP contribution in [-0.2, 0) is 20.2 Å². The lowest BCUT2D eigenvalue weighted by molar-refractivity contribution is -0.120. The fourth-order valence-electron chi connectivity index (χ4n) is 3.34. The molecule has 2 aromatic heterocycles. The number of amides is 1. The Morgan fingerprint density at radius 2 is 2.07 bits per heavy atom. The molecular formula is C18H27N5O4S. The molecule has 3 rings (SSSR count). The Morgan fingerprint density at radius 1 is 1.36 bits per heavy atom. The third-order valence-corrected chi connectivity index (χ3v) is 7.07. The van der Waals surface area contributed by atoms with Crippen molar-refractivity contribution in [3.63, 3.8) is 0 Å². The van der Waals surface area contributed by atoms with Crippen molar-refractivity contribution in [3.8, 4) is 0 Å². The summed E-state index contributed by atoms with van der Waals surface area (Å²) in [5, 5.41) is 13.6. The summed E-state index contributed by atoms with van der Waals surface area (Å²) in [6.45, 7) is 9.80. The van der Waals surface area contributed by atoms with Crippen LogP contribution < -0.4 is 5.32 Å². The number of aromatic amines is 1. The Hall–Kier alpha value is -2.20. The van der Waals surface area contributed by atoms with Crippen LogP contribution >= 0.6 is 0 Å². The first-order valence-corrected chi connectivity index (χ1v) is 10.7. The molecule has 1 unspecified atom stereocenters. The van der Waals surface area contributed by atoms with Crippen molar-refractivity contribution in [1.82, 2.24) is 19.7 Å². The zero-order valence-electron chi connectivity index (χ0n) is 16.9. The molecular weight excluding hydrogens is 382 g/mol. The van der Waals surface area contributed by atoms with E-state index in [2.05, 4.69) is 20.7 Å². The highest BCUT2D eigenvalue weighted by Gasteiger charge is 2.36. The van der Waals surface area contributed by atoms with Crippen LogP contribution in [0, 0.1) is 19.8 Å². The molecule has 1 saturated heterocycles. The summed E-state index contributed by atoms with van der Waals surface area (Å²) in [5.41, 5.74) is 1.13. The quantitative estimate of drug-likeness (QED) is 0.799. The third kappa shape index (κ3) is 3.97. The number of anilines is 1. The van der Waals surface area contributed by atoms with E-state index in [-0.39, 0.29) is 28.5 Å². The average molecular weight is 410 g/mol. The van der Waals surface area contributed by atoms with Crippen LogP contribution in [0.1, 0.15) is 50.8 Å². The summed E-state index contributed by atoms with van der Waals surface area (Å²) in [7, 11) is -3.76. The van der Waals surface area contributed by atoms with Gasteiger partial charge in [-0.25, -0.2) is 8.42 Å². The summed E-state index contributed by atoms with van der Waals surface area (Å²) in [6, 6.07) is 1.80. The zero-order chi connectivity index (χ0) is 20.7. The molecule has 0 radical (unpaired) electrons. The number of hydrogen-bond acceptors (Lipinski definition) is 6. The highest BCUT2D eigenvalue weighted by atomic mass is 32.2. The van der Waals surface area contributed by atoms with Crippen molar-refractivity contribution in [2.45, 2.75) is 57.8 Å². The first kappa shape index (κ1) is 20.5. The minimum Gasteiger partial charge on any atom is -0.360 e. The molecule has 2 N–H and O–H groups in total. The molecule has 154 valence electrons. The van der Waals surface area contributed by atoms with Crippen molar-refractivity contribution in [2.24, 2.45) is 5.92 Å². The second-order valence-corrected chi connectivity index (χ2v) is 10.1. The lowest BCUT2D eigenvalue weighted by Crippen LogP contribution is -2.44. The van der Waals surface area contributed by atoms with Crippen LogP contribution in [0.2, 0.25) is 0 Å². The molecule has 10 heteroatoms. The number of hydrogen-bond donors (Lipinski definition) is 2. The number of aromatic nitrogens is 3. The molecule has 1 fully saturated rings. The maximum absolute atomic E-state index is 13.0. The van der Waals surface area contributed by atoms with Gasteiger partial charge in [0.2, 0.25) is 15.9 Å². The highest BCUT2D eigenvalue weighted by Crippen LogP contribution is 2.28. The maximum Gasteiger partial charge on any atom is 0.248 e. The first-order valence-electron chi connectivity index (χ1n) is 9.30. The summed E-state index contributed by atoms with van der Waals surface area (Å²) in [5.74, 6) is 0.0281. The second kappa shape index (κ2) is 7.32. The Bertz CT molecular complexity index is 951. The van der Waals surface area contributed by atoms with Gasteiger partial charge in [0.1, 0.15) is 10.6 Å². The molecule has 1 aliphatic heterocycles. The van der Waals surface area contributed by atoms with E-state index in [0.717, 1.165) is 5.69 Å². The molecule has 2 aromatic rings. The van der Waals surface area contributed by atoms with Gasteiger partial charge in [0.05, 0.1) is 5.92 Å². The van der Waals surface area contributed by atoms with Crippen LogP contribution in [0.15, 0.2) is 15.5 Å². The number of carbonyl (C=O) groups is 1. The fraction of sp³-hybridized carbons (Fsp3) is 0.611. The van der Waals surface area contributed by atoms with E-state index in [1.807, 2.05) is 20.8 Å². The van der Waals surface area contributed by atoms with Gasteiger partial charge in [-0.05, 0) is 26.7 Å². The van der Waals surface area contributed by atoms with Crippen molar-refractivity contribution in [3.05, 3.63) is 23.2 Å². The van der Waals surface area contributed by atoms with E-state index in [4.69, 9.17) is 4.52 Å². The van der Waals surface area contributed by atoms with Gasteiger partial charge in [-0.15, -0.1) is 0 Å². The predicted octanol–water partition coefficient (Wildman–Crippen LogP) is 2.35. The van der Waals surface area contributed by atoms with Crippen LogP contribution in [0.5, 0.6) is 0 Å². The number of rotatable bonds is 4. The van der Waals surface area contributed by atoms with Gasteiger partial charge in [0, 0.05) is 30.3 Å². The lowest BCUT2D eigenvalue weighted by Gasteiger charge is -2.30. The first-order chi connectivity index (χ1) is 13.0. The van der Waals surface area contributed by atoms with Gasteiger partial charge in [-0.2, -0.15) is 9.40 Å². The zero-order valence-corrected chi connectivity index (χ0v) is 17.7. The molecule has 1 aliphatic rings. The van der Waals surface area contributed by atoms with Crippen LogP contribution in [0.3, 0.4) is 0 Å². The molecule has 0 spiro atoms. The van der Waals surface area contributed by atoms with Gasteiger partial charge < -0.3 is 9.84 Å². The normalized spacial score (nSPS) is 19.0. The van der Waals surface area contributed by atoms with Gasteiger partial charge in [0.15, 0.2) is 11.6 Å². The van der Waals surface area contributed by atoms with Crippen LogP contribution in [-0.4, -0.2) is 47.1 Å². The number of piperidine rings is 1. The second-order valence-electron chi connectivity index (χ2n) is 8.26. The van der Waals surface area contributed by atoms with Crippen molar-refractivity contribution >= 4 is 21.7 Å². The number of carbonyl (C=O) groups excluding carboxylic acids is 1. The van der Waals surface area contributed by atoms with Crippen molar-refractivity contribution in [1.29, 1.82) is 0 Å². The molecule has 0 bridgehead atoms. The Kier molecular flexibility index (Phi) is 5.37. The Balaban J connectivity index is 1.72. The Morgan fingerprint density at radius 3 is 2.64 bits per heavy atom. The SMILES string of the molecule is Cc1noc(C)c1S(=O)(=O)N1CCCC(C(=O)Nc2cc(C(C)(C)C)[nH]n2)C1. The smallest absolute Gasteiger partial charge is 0.248 e. The van der Waals surface area contributed by atoms with E-state index in [0.29, 0.717) is 30.9 Å². The van der Waals surface area contributed by atoms with E-state index < -0.39 is 15.9 Å². The largest absolute Gasteiger partial charge is 0.360 e. The molecule has 1 amide bonds. The van der Waals surface area contributed by atoms with E-state index in [1.165, 1.54) is 4.31 Å². The third-order valence-electron chi connectivity index (χ3n) is 4.96. The van der Waals surface area contributed by atoms with E-state index >= 15 is 0 Å². The van der Waals surface area contributed by atoms with Gasteiger partial charge in [-0.1, -0.05) is 25.9 Å². The van der Waals surface area contributed by atoms with Crippen molar-refractivity contribution < 1.29 is 17.7 Å². The lowest BCUT2D eigenvalue weighted by atomic mass is 9.92. The fourth-order valence-corrected chi connectivity index (χ4v) is 5.16. The molecule has 3 heterocycles. The number of nitrogens with zero attached hydrogens (tertiary/aromatic N) is 3. The van der Waals surface area contributed by atoms with Gasteiger partial charge in [-0.3, -0.25) is 9.89 Å². The summed E-state index contributed by atoms with van der Waals surface area (Å²) in [6.07, 6.45) is 1.23.